The Hall–Kier alpha value is -0.730. The number of anilines is 1. The Morgan fingerprint density at radius 1 is 1.41 bits per heavy atom. The normalized spacial score (nSPS) is 13.5. The van der Waals surface area contributed by atoms with Gasteiger partial charge in [-0.15, -0.1) is 0 Å². The first-order chi connectivity index (χ1) is 7.85. The Balaban J connectivity index is 2.72. The van der Waals surface area contributed by atoms with Gasteiger partial charge in [-0.25, -0.2) is 0 Å². The summed E-state index contributed by atoms with van der Waals surface area (Å²) in [5, 5.41) is 4.23. The van der Waals surface area contributed by atoms with Crippen LogP contribution >= 0.6 is 11.6 Å². The molecule has 0 bridgehead atoms. The van der Waals surface area contributed by atoms with Crippen LogP contribution in [-0.2, 0) is 4.74 Å². The van der Waals surface area contributed by atoms with E-state index in [-0.39, 0.29) is 5.60 Å². The minimum absolute atomic E-state index is 0.123. The van der Waals surface area contributed by atoms with E-state index in [4.69, 9.17) is 16.3 Å². The van der Waals surface area contributed by atoms with Gasteiger partial charge in [-0.1, -0.05) is 23.7 Å². The van der Waals surface area contributed by atoms with E-state index >= 15 is 0 Å². The van der Waals surface area contributed by atoms with E-state index < -0.39 is 0 Å². The van der Waals surface area contributed by atoms with Crippen molar-refractivity contribution in [2.45, 2.75) is 45.8 Å². The zero-order valence-electron chi connectivity index (χ0n) is 11.3. The number of nitrogens with one attached hydrogen (secondary N) is 1. The number of benzene rings is 1. The van der Waals surface area contributed by atoms with Crippen molar-refractivity contribution in [1.82, 2.24) is 0 Å². The molecule has 17 heavy (non-hydrogen) atoms. The summed E-state index contributed by atoms with van der Waals surface area (Å²) in [6.07, 6.45) is 0.925. The Kier molecular flexibility index (Phi) is 4.84. The van der Waals surface area contributed by atoms with Crippen LogP contribution in [0.5, 0.6) is 0 Å². The summed E-state index contributed by atoms with van der Waals surface area (Å²) in [6, 6.07) is 6.24. The third-order valence-electron chi connectivity index (χ3n) is 2.96. The van der Waals surface area contributed by atoms with E-state index in [1.54, 1.807) is 7.11 Å². The number of para-hydroxylation sites is 1. The molecule has 1 rings (SSSR count). The number of methoxy groups -OCH3 is 1. The van der Waals surface area contributed by atoms with E-state index in [9.17, 15) is 0 Å². The molecule has 0 aliphatic carbocycles. The zero-order chi connectivity index (χ0) is 13.1. The molecular weight excluding hydrogens is 234 g/mol. The molecule has 1 N–H and O–H groups in total. The fraction of sp³-hybridized carbons (Fsp3) is 0.571. The van der Waals surface area contributed by atoms with Crippen molar-refractivity contribution in [3.63, 3.8) is 0 Å². The van der Waals surface area contributed by atoms with Crippen LogP contribution < -0.4 is 5.32 Å². The van der Waals surface area contributed by atoms with Crippen molar-refractivity contribution in [1.29, 1.82) is 0 Å². The molecule has 1 aromatic carbocycles. The fourth-order valence-electron chi connectivity index (χ4n) is 1.93. The number of hydrogen-bond acceptors (Lipinski definition) is 2. The van der Waals surface area contributed by atoms with E-state index in [1.807, 2.05) is 12.1 Å². The number of aryl methyl sites for hydroxylation is 1. The predicted molar refractivity (Wildman–Crippen MR) is 75.0 cm³/mol. The van der Waals surface area contributed by atoms with Crippen molar-refractivity contribution in [3.05, 3.63) is 28.8 Å². The molecular formula is C14H22ClNO. The summed E-state index contributed by atoms with van der Waals surface area (Å²) in [5.41, 5.74) is 2.06. The summed E-state index contributed by atoms with van der Waals surface area (Å²) in [6.45, 7) is 8.38. The molecule has 1 unspecified atom stereocenters. The SMILES string of the molecule is COC(C)(C)CC(C)Nc1c(C)cccc1Cl. The lowest BCUT2D eigenvalue weighted by atomic mass is 9.99. The van der Waals surface area contributed by atoms with Gasteiger partial charge in [0.15, 0.2) is 0 Å². The van der Waals surface area contributed by atoms with Gasteiger partial charge < -0.3 is 10.1 Å². The standard InChI is InChI=1S/C14H22ClNO/c1-10-7-6-8-12(15)13(10)16-11(2)9-14(3,4)17-5/h6-8,11,16H,9H2,1-5H3. The largest absolute Gasteiger partial charge is 0.381 e. The highest BCUT2D eigenvalue weighted by Gasteiger charge is 2.20. The van der Waals surface area contributed by atoms with Gasteiger partial charge in [-0.3, -0.25) is 0 Å². The second-order valence-electron chi connectivity index (χ2n) is 5.15. The molecule has 0 aliphatic rings. The molecule has 0 fully saturated rings. The molecule has 1 aromatic rings. The number of halogens is 1. The predicted octanol–water partition coefficient (Wildman–Crippen LogP) is 4.26. The Labute approximate surface area is 109 Å². The van der Waals surface area contributed by atoms with Crippen molar-refractivity contribution in [2.24, 2.45) is 0 Å². The monoisotopic (exact) mass is 255 g/mol. The zero-order valence-corrected chi connectivity index (χ0v) is 12.1. The highest BCUT2D eigenvalue weighted by molar-refractivity contribution is 6.33. The molecule has 0 saturated carbocycles. The van der Waals surface area contributed by atoms with Crippen LogP contribution in [0, 0.1) is 6.92 Å². The summed E-state index contributed by atoms with van der Waals surface area (Å²) in [5.74, 6) is 0. The molecule has 96 valence electrons. The van der Waals surface area contributed by atoms with Crippen LogP contribution in [0.4, 0.5) is 5.69 Å². The van der Waals surface area contributed by atoms with Crippen LogP contribution in [0.2, 0.25) is 5.02 Å². The molecule has 1 atom stereocenters. The van der Waals surface area contributed by atoms with E-state index in [0.29, 0.717) is 6.04 Å². The molecule has 0 saturated heterocycles. The lowest BCUT2D eigenvalue weighted by molar-refractivity contribution is 0.0128. The molecule has 0 heterocycles. The van der Waals surface area contributed by atoms with Crippen LogP contribution in [0.25, 0.3) is 0 Å². The quantitative estimate of drug-likeness (QED) is 0.849. The topological polar surface area (TPSA) is 21.3 Å². The van der Waals surface area contributed by atoms with Gasteiger partial charge in [0.1, 0.15) is 0 Å². The van der Waals surface area contributed by atoms with E-state index in [2.05, 4.69) is 39.1 Å². The fourth-order valence-corrected chi connectivity index (χ4v) is 2.21. The third kappa shape index (κ3) is 4.21. The van der Waals surface area contributed by atoms with E-state index in [1.165, 1.54) is 5.56 Å². The lowest BCUT2D eigenvalue weighted by Crippen LogP contribution is -2.31. The number of rotatable bonds is 5. The maximum Gasteiger partial charge on any atom is 0.0642 e. The van der Waals surface area contributed by atoms with Gasteiger partial charge in [0.2, 0.25) is 0 Å². The van der Waals surface area contributed by atoms with Gasteiger partial charge in [-0.05, 0) is 45.7 Å². The average Bonchev–Trinajstić information content (AvgIpc) is 2.23. The number of ether oxygens (including phenoxy) is 1. The maximum atomic E-state index is 6.18. The summed E-state index contributed by atoms with van der Waals surface area (Å²) < 4.78 is 5.43. The molecule has 0 aliphatic heterocycles. The smallest absolute Gasteiger partial charge is 0.0642 e. The van der Waals surface area contributed by atoms with E-state index in [0.717, 1.165) is 17.1 Å². The first-order valence-corrected chi connectivity index (χ1v) is 6.30. The lowest BCUT2D eigenvalue weighted by Gasteiger charge is -2.28. The van der Waals surface area contributed by atoms with Crippen LogP contribution in [-0.4, -0.2) is 18.8 Å². The first-order valence-electron chi connectivity index (χ1n) is 5.92. The van der Waals surface area contributed by atoms with Crippen molar-refractivity contribution in [2.75, 3.05) is 12.4 Å². The minimum atomic E-state index is -0.123. The second kappa shape index (κ2) is 5.74. The van der Waals surface area contributed by atoms with Gasteiger partial charge in [0.05, 0.1) is 16.3 Å². The highest BCUT2D eigenvalue weighted by Crippen LogP contribution is 2.27. The van der Waals surface area contributed by atoms with Crippen LogP contribution in [0.3, 0.4) is 0 Å². The summed E-state index contributed by atoms with van der Waals surface area (Å²) >= 11 is 6.18. The summed E-state index contributed by atoms with van der Waals surface area (Å²) in [7, 11) is 1.74. The van der Waals surface area contributed by atoms with Gasteiger partial charge in [0.25, 0.3) is 0 Å². The van der Waals surface area contributed by atoms with Gasteiger partial charge >= 0.3 is 0 Å². The minimum Gasteiger partial charge on any atom is -0.381 e. The highest BCUT2D eigenvalue weighted by atomic mass is 35.5. The number of hydrogen-bond donors (Lipinski definition) is 1. The van der Waals surface area contributed by atoms with Gasteiger partial charge in [-0.2, -0.15) is 0 Å². The Morgan fingerprint density at radius 3 is 2.59 bits per heavy atom. The Morgan fingerprint density at radius 2 is 2.06 bits per heavy atom. The van der Waals surface area contributed by atoms with Gasteiger partial charge in [0, 0.05) is 13.2 Å². The maximum absolute atomic E-state index is 6.18. The third-order valence-corrected chi connectivity index (χ3v) is 3.28. The van der Waals surface area contributed by atoms with Crippen molar-refractivity contribution in [3.8, 4) is 0 Å². The molecule has 0 spiro atoms. The molecule has 0 radical (unpaired) electrons. The van der Waals surface area contributed by atoms with Crippen LogP contribution in [0.15, 0.2) is 18.2 Å². The molecule has 2 nitrogen and oxygen atoms in total. The average molecular weight is 256 g/mol. The molecule has 3 heteroatoms. The Bertz CT molecular complexity index is 356. The van der Waals surface area contributed by atoms with Crippen LogP contribution in [0.1, 0.15) is 32.8 Å². The molecule has 0 amide bonds. The summed E-state index contributed by atoms with van der Waals surface area (Å²) in [4.78, 5) is 0. The second-order valence-corrected chi connectivity index (χ2v) is 5.55. The van der Waals surface area contributed by atoms with Crippen molar-refractivity contribution >= 4 is 17.3 Å². The molecule has 0 aromatic heterocycles. The first kappa shape index (κ1) is 14.3. The van der Waals surface area contributed by atoms with Crippen molar-refractivity contribution < 1.29 is 4.74 Å².